The predicted molar refractivity (Wildman–Crippen MR) is 137 cm³/mol. The molecule has 2 saturated heterocycles. The second kappa shape index (κ2) is 9.99. The normalized spacial score (nSPS) is 21.1. The standard InChI is InChI=1S/C28H35N5O2/c1-20-30-25(16-26(31-20)28(2)8-11-32(3)12-9-28)27(34)33-13-14-35-19-21(18-33)15-22-5-4-6-23-17-29-10-7-24(22)23/h4-7,10,16-17,21H,8-9,11-15,18-19H2,1-3H3. The third-order valence-electron chi connectivity index (χ3n) is 7.67. The molecule has 5 rings (SSSR count). The number of amides is 1. The first-order chi connectivity index (χ1) is 16.9. The van der Waals surface area contributed by atoms with Gasteiger partial charge in [0.05, 0.1) is 18.9 Å². The highest BCUT2D eigenvalue weighted by atomic mass is 16.5. The van der Waals surface area contributed by atoms with Gasteiger partial charge in [0.2, 0.25) is 0 Å². The number of nitrogens with zero attached hydrogens (tertiary/aromatic N) is 5. The molecule has 35 heavy (non-hydrogen) atoms. The van der Waals surface area contributed by atoms with Gasteiger partial charge in [-0.15, -0.1) is 0 Å². The first-order valence-electron chi connectivity index (χ1n) is 12.6. The van der Waals surface area contributed by atoms with E-state index in [-0.39, 0.29) is 17.2 Å². The van der Waals surface area contributed by atoms with E-state index in [0.29, 0.717) is 37.8 Å². The Morgan fingerprint density at radius 3 is 2.83 bits per heavy atom. The van der Waals surface area contributed by atoms with E-state index in [1.54, 1.807) is 0 Å². The van der Waals surface area contributed by atoms with E-state index < -0.39 is 0 Å². The van der Waals surface area contributed by atoms with E-state index in [9.17, 15) is 4.79 Å². The van der Waals surface area contributed by atoms with E-state index in [1.807, 2.05) is 30.3 Å². The maximum absolute atomic E-state index is 13.7. The largest absolute Gasteiger partial charge is 0.379 e. The molecule has 184 valence electrons. The fourth-order valence-electron chi connectivity index (χ4n) is 5.38. The second-order valence-corrected chi connectivity index (χ2v) is 10.5. The lowest BCUT2D eigenvalue weighted by Crippen LogP contribution is -2.40. The van der Waals surface area contributed by atoms with Crippen molar-refractivity contribution in [3.63, 3.8) is 0 Å². The Morgan fingerprint density at radius 2 is 2.00 bits per heavy atom. The molecule has 1 amide bonds. The van der Waals surface area contributed by atoms with Crippen molar-refractivity contribution in [2.45, 2.75) is 38.5 Å². The number of ether oxygens (including phenoxy) is 1. The molecule has 0 saturated carbocycles. The number of carbonyl (C=O) groups is 1. The molecule has 0 radical (unpaired) electrons. The van der Waals surface area contributed by atoms with Gasteiger partial charge in [-0.3, -0.25) is 9.78 Å². The monoisotopic (exact) mass is 473 g/mol. The molecule has 2 fully saturated rings. The number of carbonyl (C=O) groups excluding carboxylic acids is 1. The summed E-state index contributed by atoms with van der Waals surface area (Å²) in [5.74, 6) is 0.859. The maximum Gasteiger partial charge on any atom is 0.272 e. The van der Waals surface area contributed by atoms with Crippen LogP contribution in [-0.2, 0) is 16.6 Å². The fraction of sp³-hybridized carbons (Fsp3) is 0.500. The third kappa shape index (κ3) is 5.21. The van der Waals surface area contributed by atoms with Crippen LogP contribution in [0.15, 0.2) is 42.7 Å². The van der Waals surface area contributed by atoms with E-state index in [4.69, 9.17) is 9.72 Å². The van der Waals surface area contributed by atoms with Crippen molar-refractivity contribution in [2.75, 3.05) is 46.4 Å². The predicted octanol–water partition coefficient (Wildman–Crippen LogP) is 3.65. The molecule has 1 atom stereocenters. The van der Waals surface area contributed by atoms with Crippen molar-refractivity contribution >= 4 is 16.7 Å². The van der Waals surface area contributed by atoms with Gasteiger partial charge in [-0.1, -0.05) is 25.1 Å². The molecule has 2 aromatic heterocycles. The molecule has 1 aromatic carbocycles. The van der Waals surface area contributed by atoms with Crippen LogP contribution in [0.4, 0.5) is 0 Å². The highest BCUT2D eigenvalue weighted by Crippen LogP contribution is 2.34. The van der Waals surface area contributed by atoms with Gasteiger partial charge >= 0.3 is 0 Å². The quantitative estimate of drug-likeness (QED) is 0.576. The van der Waals surface area contributed by atoms with Crippen molar-refractivity contribution in [1.82, 2.24) is 24.8 Å². The maximum atomic E-state index is 13.7. The van der Waals surface area contributed by atoms with Gasteiger partial charge in [-0.2, -0.15) is 0 Å². The van der Waals surface area contributed by atoms with Crippen LogP contribution in [0.3, 0.4) is 0 Å². The Hall–Kier alpha value is -2.90. The Kier molecular flexibility index (Phi) is 6.80. The first kappa shape index (κ1) is 23.8. The Balaban J connectivity index is 1.36. The number of hydrogen-bond donors (Lipinski definition) is 0. The number of likely N-dealkylation sites (tertiary alicyclic amines) is 1. The molecule has 2 aliphatic heterocycles. The van der Waals surface area contributed by atoms with E-state index in [2.05, 4.69) is 53.1 Å². The summed E-state index contributed by atoms with van der Waals surface area (Å²) in [7, 11) is 2.16. The lowest BCUT2D eigenvalue weighted by molar-refractivity contribution is 0.0730. The summed E-state index contributed by atoms with van der Waals surface area (Å²) >= 11 is 0. The number of aryl methyl sites for hydroxylation is 1. The number of rotatable bonds is 4. The zero-order valence-corrected chi connectivity index (χ0v) is 21.0. The first-order valence-corrected chi connectivity index (χ1v) is 12.6. The van der Waals surface area contributed by atoms with Gasteiger partial charge in [0, 0.05) is 42.2 Å². The Morgan fingerprint density at radius 1 is 1.17 bits per heavy atom. The molecule has 3 aromatic rings. The number of benzene rings is 1. The SMILES string of the molecule is Cc1nc(C(=O)N2CCOCC(Cc3cccc4cnccc34)C2)cc(C2(C)CCN(C)CC2)n1. The average molecular weight is 474 g/mol. The number of fused-ring (bicyclic) bond motifs is 1. The minimum atomic E-state index is -0.0249. The minimum Gasteiger partial charge on any atom is -0.379 e. The number of piperidine rings is 1. The summed E-state index contributed by atoms with van der Waals surface area (Å²) in [5, 5.41) is 2.35. The highest BCUT2D eigenvalue weighted by molar-refractivity contribution is 5.92. The summed E-state index contributed by atoms with van der Waals surface area (Å²) in [6.45, 7) is 8.66. The number of pyridine rings is 1. The fourth-order valence-corrected chi connectivity index (χ4v) is 5.38. The molecule has 2 aliphatic rings. The van der Waals surface area contributed by atoms with Crippen LogP contribution in [0.25, 0.3) is 10.8 Å². The number of aromatic nitrogens is 3. The van der Waals surface area contributed by atoms with Crippen LogP contribution in [0.1, 0.15) is 47.3 Å². The Labute approximate surface area is 207 Å². The summed E-state index contributed by atoms with van der Waals surface area (Å²) in [5.41, 5.74) is 2.74. The topological polar surface area (TPSA) is 71.5 Å². The molecule has 7 heteroatoms. The zero-order valence-electron chi connectivity index (χ0n) is 21.0. The smallest absolute Gasteiger partial charge is 0.272 e. The third-order valence-corrected chi connectivity index (χ3v) is 7.67. The van der Waals surface area contributed by atoms with E-state index >= 15 is 0 Å². The lowest BCUT2D eigenvalue weighted by Gasteiger charge is -2.37. The van der Waals surface area contributed by atoms with Crippen LogP contribution >= 0.6 is 0 Å². The van der Waals surface area contributed by atoms with Crippen molar-refractivity contribution in [3.05, 3.63) is 65.5 Å². The van der Waals surface area contributed by atoms with Crippen LogP contribution < -0.4 is 0 Å². The highest BCUT2D eigenvalue weighted by Gasteiger charge is 2.34. The van der Waals surface area contributed by atoms with E-state index in [0.717, 1.165) is 43.4 Å². The van der Waals surface area contributed by atoms with Gasteiger partial charge in [0.25, 0.3) is 5.91 Å². The van der Waals surface area contributed by atoms with Crippen molar-refractivity contribution < 1.29 is 9.53 Å². The molecule has 7 nitrogen and oxygen atoms in total. The molecular formula is C28H35N5O2. The molecule has 0 N–H and O–H groups in total. The van der Waals surface area contributed by atoms with Crippen LogP contribution in [0, 0.1) is 12.8 Å². The zero-order chi connectivity index (χ0) is 24.4. The minimum absolute atomic E-state index is 0.0223. The van der Waals surface area contributed by atoms with Gasteiger partial charge in [0.15, 0.2) is 0 Å². The van der Waals surface area contributed by atoms with Crippen LogP contribution in [0.5, 0.6) is 0 Å². The summed E-state index contributed by atoms with van der Waals surface area (Å²) in [6, 6.07) is 10.3. The second-order valence-electron chi connectivity index (χ2n) is 10.5. The van der Waals surface area contributed by atoms with Crippen molar-refractivity contribution in [2.24, 2.45) is 5.92 Å². The van der Waals surface area contributed by atoms with E-state index in [1.165, 1.54) is 10.9 Å². The van der Waals surface area contributed by atoms with Gasteiger partial charge in [0.1, 0.15) is 11.5 Å². The number of hydrogen-bond acceptors (Lipinski definition) is 6. The lowest BCUT2D eigenvalue weighted by atomic mass is 9.77. The summed E-state index contributed by atoms with van der Waals surface area (Å²) in [6.07, 6.45) is 6.66. The molecule has 1 unspecified atom stereocenters. The molecule has 4 heterocycles. The molecule has 0 aliphatic carbocycles. The summed E-state index contributed by atoms with van der Waals surface area (Å²) in [4.78, 5) is 31.5. The van der Waals surface area contributed by atoms with Crippen molar-refractivity contribution in [3.8, 4) is 0 Å². The molecule has 0 spiro atoms. The van der Waals surface area contributed by atoms with Crippen LogP contribution in [-0.4, -0.2) is 77.1 Å². The Bertz CT molecular complexity index is 1200. The summed E-state index contributed by atoms with van der Waals surface area (Å²) < 4.78 is 5.93. The van der Waals surface area contributed by atoms with Gasteiger partial charge in [-0.05, 0) is 69.4 Å². The van der Waals surface area contributed by atoms with Gasteiger partial charge < -0.3 is 14.5 Å². The molecular weight excluding hydrogens is 438 g/mol. The average Bonchev–Trinajstić information content (AvgIpc) is 3.11. The van der Waals surface area contributed by atoms with Crippen molar-refractivity contribution in [1.29, 1.82) is 0 Å². The van der Waals surface area contributed by atoms with Gasteiger partial charge in [-0.25, -0.2) is 9.97 Å². The molecule has 0 bridgehead atoms. The van der Waals surface area contributed by atoms with Crippen LogP contribution in [0.2, 0.25) is 0 Å².